The number of ether oxygens (including phenoxy) is 1. The average molecular weight is 511 g/mol. The highest BCUT2D eigenvalue weighted by Crippen LogP contribution is 2.39. The number of methoxy groups -OCH3 is 1. The summed E-state index contributed by atoms with van der Waals surface area (Å²) in [6, 6.07) is 13.4. The number of hydrogen-bond donors (Lipinski definition) is 1. The Kier molecular flexibility index (Phi) is 7.22. The fourth-order valence-corrected chi connectivity index (χ4v) is 6.43. The third kappa shape index (κ3) is 5.78. The molecule has 1 aliphatic heterocycles. The highest BCUT2D eigenvalue weighted by Gasteiger charge is 2.37. The molecule has 1 aliphatic rings. The number of pyridine rings is 2. The quantitative estimate of drug-likeness (QED) is 0.510. The first-order valence-electron chi connectivity index (χ1n) is 12.1. The van der Waals surface area contributed by atoms with Crippen LogP contribution < -0.4 is 10.1 Å². The monoisotopic (exact) mass is 510 g/mol. The summed E-state index contributed by atoms with van der Waals surface area (Å²) in [4.78, 5) is 24.2. The van der Waals surface area contributed by atoms with E-state index in [9.17, 15) is 13.2 Å². The summed E-state index contributed by atoms with van der Waals surface area (Å²) in [6.07, 6.45) is 2.57. The van der Waals surface area contributed by atoms with E-state index in [4.69, 9.17) is 4.74 Å². The lowest BCUT2D eigenvalue weighted by molar-refractivity contribution is -0.139. The van der Waals surface area contributed by atoms with E-state index in [1.807, 2.05) is 49.5 Å². The fraction of sp³-hybridized carbons (Fsp3) is 0.444. The van der Waals surface area contributed by atoms with Crippen molar-refractivity contribution in [2.75, 3.05) is 31.0 Å². The zero-order valence-electron chi connectivity index (χ0n) is 21.5. The van der Waals surface area contributed by atoms with Crippen LogP contribution in [0.2, 0.25) is 0 Å². The minimum atomic E-state index is -3.02. The SMILES string of the molecule is COc1ccc2ccc(Nc3ccc([C@H](N(C)C(=O)C4CCS(=O)(=O)CC4)C(C)(C)C)cn3)cc2n1. The van der Waals surface area contributed by atoms with Crippen molar-refractivity contribution in [3.8, 4) is 5.88 Å². The van der Waals surface area contributed by atoms with E-state index in [0.717, 1.165) is 22.2 Å². The second kappa shape index (κ2) is 10.0. The van der Waals surface area contributed by atoms with Crippen molar-refractivity contribution in [1.82, 2.24) is 14.9 Å². The van der Waals surface area contributed by atoms with Gasteiger partial charge in [0.1, 0.15) is 15.7 Å². The van der Waals surface area contributed by atoms with E-state index in [1.165, 1.54) is 0 Å². The molecular formula is C27H34N4O4S. The number of sulfone groups is 1. The number of hydrogen-bond acceptors (Lipinski definition) is 7. The Morgan fingerprint density at radius 1 is 1.11 bits per heavy atom. The normalized spacial score (nSPS) is 16.9. The lowest BCUT2D eigenvalue weighted by atomic mass is 9.81. The Morgan fingerprint density at radius 2 is 1.81 bits per heavy atom. The van der Waals surface area contributed by atoms with Crippen LogP contribution in [0.15, 0.2) is 48.7 Å². The number of carbonyl (C=O) groups is 1. The largest absolute Gasteiger partial charge is 0.481 e. The highest BCUT2D eigenvalue weighted by atomic mass is 32.2. The number of nitrogens with zero attached hydrogens (tertiary/aromatic N) is 3. The minimum absolute atomic E-state index is 0.00822. The lowest BCUT2D eigenvalue weighted by Gasteiger charge is -2.40. The summed E-state index contributed by atoms with van der Waals surface area (Å²) in [6.45, 7) is 6.28. The Labute approximate surface area is 213 Å². The smallest absolute Gasteiger partial charge is 0.226 e. The number of amides is 1. The molecule has 1 fully saturated rings. The molecule has 0 unspecified atom stereocenters. The van der Waals surface area contributed by atoms with Crippen molar-refractivity contribution >= 4 is 38.2 Å². The summed E-state index contributed by atoms with van der Waals surface area (Å²) in [5.41, 5.74) is 2.36. The molecule has 3 aromatic rings. The van der Waals surface area contributed by atoms with Crippen LogP contribution in [-0.4, -0.2) is 54.9 Å². The molecule has 0 aliphatic carbocycles. The standard InChI is InChI=1S/C27H34N4O4S/c1-27(2,3)25(31(4)26(32)19-12-14-36(33,34)15-13-19)20-7-10-23(28-17-20)29-21-9-6-18-8-11-24(35-5)30-22(18)16-21/h6-11,16-17,19,25H,12-15H2,1-5H3,(H,28,29)/t25-/m0/s1. The molecule has 0 saturated carbocycles. The Hall–Kier alpha value is -3.20. The van der Waals surface area contributed by atoms with Gasteiger partial charge in [-0.05, 0) is 48.1 Å². The highest BCUT2D eigenvalue weighted by molar-refractivity contribution is 7.91. The van der Waals surface area contributed by atoms with E-state index in [1.54, 1.807) is 18.2 Å². The van der Waals surface area contributed by atoms with Crippen LogP contribution in [0.1, 0.15) is 45.2 Å². The van der Waals surface area contributed by atoms with Gasteiger partial charge < -0.3 is 15.0 Å². The molecule has 0 radical (unpaired) electrons. The van der Waals surface area contributed by atoms with E-state index >= 15 is 0 Å². The third-order valence-electron chi connectivity index (χ3n) is 6.71. The van der Waals surface area contributed by atoms with Gasteiger partial charge in [0.25, 0.3) is 0 Å². The molecule has 0 bridgehead atoms. The molecule has 4 rings (SSSR count). The maximum atomic E-state index is 13.3. The lowest BCUT2D eigenvalue weighted by Crippen LogP contribution is -2.43. The first-order valence-corrected chi connectivity index (χ1v) is 13.9. The average Bonchev–Trinajstić information content (AvgIpc) is 2.83. The Balaban J connectivity index is 1.52. The molecule has 1 N–H and O–H groups in total. The van der Waals surface area contributed by atoms with Gasteiger partial charge in [-0.1, -0.05) is 32.9 Å². The fourth-order valence-electron chi connectivity index (χ4n) is 4.94. The number of benzene rings is 1. The van der Waals surface area contributed by atoms with Crippen molar-refractivity contribution < 1.29 is 17.9 Å². The molecule has 1 aromatic carbocycles. The summed E-state index contributed by atoms with van der Waals surface area (Å²) < 4.78 is 28.9. The molecule has 1 amide bonds. The van der Waals surface area contributed by atoms with E-state index in [0.29, 0.717) is 24.5 Å². The summed E-state index contributed by atoms with van der Waals surface area (Å²) in [7, 11) is 0.384. The maximum absolute atomic E-state index is 13.3. The van der Waals surface area contributed by atoms with Gasteiger partial charge in [0, 0.05) is 36.3 Å². The van der Waals surface area contributed by atoms with Gasteiger partial charge in [0.05, 0.1) is 30.2 Å². The van der Waals surface area contributed by atoms with Gasteiger partial charge in [-0.2, -0.15) is 0 Å². The summed E-state index contributed by atoms with van der Waals surface area (Å²) in [5, 5.41) is 4.34. The molecule has 0 spiro atoms. The number of nitrogens with one attached hydrogen (secondary N) is 1. The van der Waals surface area contributed by atoms with Crippen LogP contribution in [0, 0.1) is 11.3 Å². The van der Waals surface area contributed by atoms with Crippen LogP contribution >= 0.6 is 0 Å². The second-order valence-electron chi connectivity index (χ2n) is 10.5. The second-order valence-corrected chi connectivity index (χ2v) is 12.8. The number of aromatic nitrogens is 2. The van der Waals surface area contributed by atoms with Crippen molar-refractivity contribution in [1.29, 1.82) is 0 Å². The van der Waals surface area contributed by atoms with E-state index in [-0.39, 0.29) is 34.8 Å². The van der Waals surface area contributed by atoms with Gasteiger partial charge in [-0.15, -0.1) is 0 Å². The summed E-state index contributed by atoms with van der Waals surface area (Å²) >= 11 is 0. The van der Waals surface area contributed by atoms with Crippen molar-refractivity contribution in [2.24, 2.45) is 11.3 Å². The van der Waals surface area contributed by atoms with Crippen molar-refractivity contribution in [3.63, 3.8) is 0 Å². The molecule has 192 valence electrons. The molecule has 9 heteroatoms. The minimum Gasteiger partial charge on any atom is -0.481 e. The molecular weight excluding hydrogens is 476 g/mol. The number of fused-ring (bicyclic) bond motifs is 1. The van der Waals surface area contributed by atoms with Crippen LogP contribution in [0.3, 0.4) is 0 Å². The van der Waals surface area contributed by atoms with Gasteiger partial charge in [0.2, 0.25) is 11.8 Å². The van der Waals surface area contributed by atoms with Gasteiger partial charge in [0.15, 0.2) is 0 Å². The van der Waals surface area contributed by atoms with Crippen LogP contribution in [0.25, 0.3) is 10.9 Å². The molecule has 2 aromatic heterocycles. The molecule has 8 nitrogen and oxygen atoms in total. The number of carbonyl (C=O) groups excluding carboxylic acids is 1. The topological polar surface area (TPSA) is 101 Å². The molecule has 36 heavy (non-hydrogen) atoms. The van der Waals surface area contributed by atoms with Crippen LogP contribution in [0.4, 0.5) is 11.5 Å². The van der Waals surface area contributed by atoms with E-state index in [2.05, 4.69) is 36.1 Å². The van der Waals surface area contributed by atoms with Gasteiger partial charge in [-0.3, -0.25) is 4.79 Å². The van der Waals surface area contributed by atoms with Gasteiger partial charge >= 0.3 is 0 Å². The molecule has 3 heterocycles. The van der Waals surface area contributed by atoms with Gasteiger partial charge in [-0.25, -0.2) is 18.4 Å². The number of anilines is 2. The Morgan fingerprint density at radius 3 is 2.42 bits per heavy atom. The predicted octanol–water partition coefficient (Wildman–Crippen LogP) is 4.75. The van der Waals surface area contributed by atoms with Crippen LogP contribution in [0.5, 0.6) is 5.88 Å². The third-order valence-corrected chi connectivity index (χ3v) is 8.42. The van der Waals surface area contributed by atoms with Crippen molar-refractivity contribution in [2.45, 2.75) is 39.7 Å². The first-order chi connectivity index (χ1) is 17.0. The zero-order chi connectivity index (χ0) is 26.1. The first kappa shape index (κ1) is 25.9. The van der Waals surface area contributed by atoms with Crippen molar-refractivity contribution in [3.05, 3.63) is 54.2 Å². The predicted molar refractivity (Wildman–Crippen MR) is 142 cm³/mol. The molecule has 1 atom stereocenters. The number of rotatable bonds is 6. The molecule has 1 saturated heterocycles. The van der Waals surface area contributed by atoms with Crippen LogP contribution in [-0.2, 0) is 14.6 Å². The maximum Gasteiger partial charge on any atom is 0.226 e. The summed E-state index contributed by atoms with van der Waals surface area (Å²) in [5.74, 6) is 1.12. The zero-order valence-corrected chi connectivity index (χ0v) is 22.3. The van der Waals surface area contributed by atoms with E-state index < -0.39 is 9.84 Å². The Bertz CT molecular complexity index is 1340.